The molecule has 1 aliphatic rings. The van der Waals surface area contributed by atoms with Gasteiger partial charge in [0.2, 0.25) is 5.88 Å². The Kier molecular flexibility index (Phi) is 7.50. The molecule has 1 fully saturated rings. The van der Waals surface area contributed by atoms with E-state index in [9.17, 15) is 4.79 Å². The highest BCUT2D eigenvalue weighted by atomic mass is 16.5. The number of piperazine rings is 1. The molecule has 7 heteroatoms. The van der Waals surface area contributed by atoms with Crippen LogP contribution in [0.1, 0.15) is 25.2 Å². The van der Waals surface area contributed by atoms with Crippen molar-refractivity contribution in [2.45, 2.75) is 33.9 Å². The second-order valence-electron chi connectivity index (χ2n) is 6.13. The first kappa shape index (κ1) is 20.6. The Hall–Kier alpha value is -2.72. The summed E-state index contributed by atoms with van der Waals surface area (Å²) in [6, 6.07) is 0. The van der Waals surface area contributed by atoms with E-state index < -0.39 is 0 Å². The van der Waals surface area contributed by atoms with Gasteiger partial charge in [0.05, 0.1) is 13.2 Å². The van der Waals surface area contributed by atoms with Crippen LogP contribution in [0.2, 0.25) is 0 Å². The summed E-state index contributed by atoms with van der Waals surface area (Å²) in [5, 5.41) is 3.34. The van der Waals surface area contributed by atoms with Crippen molar-refractivity contribution in [1.29, 1.82) is 0 Å². The zero-order valence-electron chi connectivity index (χ0n) is 16.5. The van der Waals surface area contributed by atoms with Crippen molar-refractivity contribution in [1.82, 2.24) is 19.4 Å². The number of rotatable bonds is 7. The third-order valence-corrected chi connectivity index (χ3v) is 4.37. The molecule has 1 saturated heterocycles. The third-order valence-electron chi connectivity index (χ3n) is 4.37. The predicted octanol–water partition coefficient (Wildman–Crippen LogP) is 1.33. The fraction of sp³-hybridized carbons (Fsp3) is 0.500. The maximum absolute atomic E-state index is 13.0. The van der Waals surface area contributed by atoms with Gasteiger partial charge in [0.25, 0.3) is 0 Å². The summed E-state index contributed by atoms with van der Waals surface area (Å²) in [5.74, 6) is 6.90. The van der Waals surface area contributed by atoms with E-state index in [1.807, 2.05) is 13.8 Å². The minimum atomic E-state index is -0.116. The van der Waals surface area contributed by atoms with Crippen LogP contribution in [0, 0.1) is 18.8 Å². The summed E-state index contributed by atoms with van der Waals surface area (Å²) in [4.78, 5) is 19.8. The Labute approximate surface area is 161 Å². The number of hydrogen-bond acceptors (Lipinski definition) is 4. The molecular formula is C20H29N5O2. The lowest BCUT2D eigenvalue weighted by Crippen LogP contribution is -2.47. The lowest BCUT2D eigenvalue weighted by Gasteiger charge is -2.31. The molecule has 1 aromatic rings. The maximum atomic E-state index is 13.0. The lowest BCUT2D eigenvalue weighted by atomic mass is 10.2. The number of aromatic nitrogens is 2. The summed E-state index contributed by atoms with van der Waals surface area (Å²) in [5.41, 5.74) is 1.47. The van der Waals surface area contributed by atoms with Crippen molar-refractivity contribution in [2.24, 2.45) is 4.99 Å². The minimum Gasteiger partial charge on any atom is -0.478 e. The third kappa shape index (κ3) is 4.72. The predicted molar refractivity (Wildman–Crippen MR) is 109 cm³/mol. The van der Waals surface area contributed by atoms with E-state index in [0.29, 0.717) is 31.4 Å². The zero-order valence-corrected chi connectivity index (χ0v) is 16.5. The first-order chi connectivity index (χ1) is 13.0. The van der Waals surface area contributed by atoms with Crippen LogP contribution >= 0.6 is 0 Å². The fourth-order valence-electron chi connectivity index (χ4n) is 3.11. The Morgan fingerprint density at radius 2 is 2.07 bits per heavy atom. The highest BCUT2D eigenvalue weighted by Gasteiger charge is 2.25. The summed E-state index contributed by atoms with van der Waals surface area (Å²) in [7, 11) is 0. The average Bonchev–Trinajstić information content (AvgIpc) is 2.90. The number of ether oxygens (including phenoxy) is 1. The molecule has 0 spiro atoms. The van der Waals surface area contributed by atoms with Crippen molar-refractivity contribution in [3.8, 4) is 11.8 Å². The van der Waals surface area contributed by atoms with Gasteiger partial charge >= 0.3 is 5.69 Å². The van der Waals surface area contributed by atoms with E-state index in [4.69, 9.17) is 4.74 Å². The van der Waals surface area contributed by atoms with Crippen molar-refractivity contribution >= 4 is 5.84 Å². The van der Waals surface area contributed by atoms with E-state index in [1.54, 1.807) is 22.1 Å². The van der Waals surface area contributed by atoms with Crippen LogP contribution in [-0.2, 0) is 17.8 Å². The molecule has 1 aromatic heterocycles. The van der Waals surface area contributed by atoms with E-state index in [2.05, 4.69) is 40.2 Å². The molecule has 2 heterocycles. The lowest BCUT2D eigenvalue weighted by molar-refractivity contribution is 0.227. The first-order valence-corrected chi connectivity index (χ1v) is 9.21. The van der Waals surface area contributed by atoms with Gasteiger partial charge in [-0.15, -0.1) is 12.5 Å². The van der Waals surface area contributed by atoms with Gasteiger partial charge in [0, 0.05) is 38.4 Å². The Bertz CT molecular complexity index is 829. The largest absolute Gasteiger partial charge is 0.478 e. The number of imidazole rings is 1. The summed E-state index contributed by atoms with van der Waals surface area (Å²) in [6.07, 6.45) is 1.72. The van der Waals surface area contributed by atoms with Crippen LogP contribution in [0.25, 0.3) is 0 Å². The first-order valence-electron chi connectivity index (χ1n) is 9.21. The van der Waals surface area contributed by atoms with Crippen molar-refractivity contribution < 1.29 is 4.74 Å². The van der Waals surface area contributed by atoms with Crippen molar-refractivity contribution in [3.63, 3.8) is 0 Å². The second-order valence-corrected chi connectivity index (χ2v) is 6.13. The molecule has 0 saturated carbocycles. The highest BCUT2D eigenvalue weighted by molar-refractivity contribution is 5.99. The van der Waals surface area contributed by atoms with Gasteiger partial charge in [-0.1, -0.05) is 12.0 Å². The summed E-state index contributed by atoms with van der Waals surface area (Å²) in [6.45, 7) is 17.8. The van der Waals surface area contributed by atoms with Crippen LogP contribution in [0.4, 0.5) is 0 Å². The normalized spacial score (nSPS) is 14.5. The maximum Gasteiger partial charge on any atom is 0.330 e. The number of nitrogens with zero attached hydrogens (tertiary/aromatic N) is 4. The van der Waals surface area contributed by atoms with E-state index in [1.165, 1.54) is 0 Å². The van der Waals surface area contributed by atoms with E-state index in [-0.39, 0.29) is 5.69 Å². The Morgan fingerprint density at radius 3 is 2.67 bits per heavy atom. The number of hydrogen-bond donors (Lipinski definition) is 1. The average molecular weight is 371 g/mol. The molecule has 1 aliphatic heterocycles. The molecular weight excluding hydrogens is 342 g/mol. The quantitative estimate of drug-likeness (QED) is 0.258. The van der Waals surface area contributed by atoms with Crippen LogP contribution in [-0.4, -0.2) is 52.7 Å². The van der Waals surface area contributed by atoms with E-state index >= 15 is 0 Å². The molecule has 0 radical (unpaired) electrons. The number of amidine groups is 1. The highest BCUT2D eigenvalue weighted by Crippen LogP contribution is 2.15. The van der Waals surface area contributed by atoms with Crippen LogP contribution in [0.15, 0.2) is 34.9 Å². The minimum absolute atomic E-state index is 0.116. The van der Waals surface area contributed by atoms with Gasteiger partial charge in [-0.25, -0.2) is 4.79 Å². The molecule has 0 unspecified atom stereocenters. The SMILES string of the molecule is C=CCn1c(C)c(C(=NC(=C)OCC)N2CCNCC2)n(CC#CC)c1=O. The van der Waals surface area contributed by atoms with Gasteiger partial charge in [-0.05, 0) is 27.4 Å². The molecule has 27 heavy (non-hydrogen) atoms. The molecule has 0 atom stereocenters. The smallest absolute Gasteiger partial charge is 0.330 e. The molecule has 0 aliphatic carbocycles. The molecule has 0 aromatic carbocycles. The Balaban J connectivity index is 2.66. The van der Waals surface area contributed by atoms with Crippen molar-refractivity contribution in [2.75, 3.05) is 32.8 Å². The molecule has 2 rings (SSSR count). The van der Waals surface area contributed by atoms with Gasteiger partial charge in [0.1, 0.15) is 5.69 Å². The number of allylic oxidation sites excluding steroid dienone is 1. The van der Waals surface area contributed by atoms with Gasteiger partial charge in [0.15, 0.2) is 5.84 Å². The van der Waals surface area contributed by atoms with Crippen LogP contribution in [0.3, 0.4) is 0 Å². The summed E-state index contributed by atoms with van der Waals surface area (Å²) < 4.78 is 8.84. The number of nitrogens with one attached hydrogen (secondary N) is 1. The molecule has 146 valence electrons. The molecule has 0 bridgehead atoms. The molecule has 7 nitrogen and oxygen atoms in total. The summed E-state index contributed by atoms with van der Waals surface area (Å²) >= 11 is 0. The van der Waals surface area contributed by atoms with Crippen LogP contribution < -0.4 is 11.0 Å². The second kappa shape index (κ2) is 9.83. The molecule has 1 N–H and O–H groups in total. The van der Waals surface area contributed by atoms with E-state index in [0.717, 1.165) is 37.6 Å². The van der Waals surface area contributed by atoms with Crippen LogP contribution in [0.5, 0.6) is 0 Å². The molecule has 0 amide bonds. The van der Waals surface area contributed by atoms with Crippen molar-refractivity contribution in [3.05, 3.63) is 47.0 Å². The Morgan fingerprint density at radius 1 is 1.37 bits per heavy atom. The standard InChI is InChI=1S/C20H29N5O2/c1-6-9-13-25-18(16(4)24(12-7-2)20(25)26)19(22-17(5)27-8-3)23-14-10-21-11-15-23/h7,21H,2,5,8,10-15H2,1,3-4H3. The van der Waals surface area contributed by atoms with Gasteiger partial charge in [-0.3, -0.25) is 9.13 Å². The fourth-order valence-corrected chi connectivity index (χ4v) is 3.11. The monoisotopic (exact) mass is 371 g/mol. The topological polar surface area (TPSA) is 63.8 Å². The van der Waals surface area contributed by atoms with Gasteiger partial charge < -0.3 is 15.0 Å². The zero-order chi connectivity index (χ0) is 19.8. The van der Waals surface area contributed by atoms with Gasteiger partial charge in [-0.2, -0.15) is 4.99 Å². The number of aliphatic imine (C=N–C) groups is 1.